The van der Waals surface area contributed by atoms with Crippen LogP contribution in [0.2, 0.25) is 0 Å². The summed E-state index contributed by atoms with van der Waals surface area (Å²) in [7, 11) is 0. The number of nitrogens with one attached hydrogen (secondary N) is 3. The number of fused-ring (bicyclic) bond motifs is 2. The van der Waals surface area contributed by atoms with E-state index in [0.29, 0.717) is 84.1 Å². The molecule has 82 heavy (non-hydrogen) atoms. The number of pyridine rings is 1. The number of aromatic carboxylic acids is 1. The topological polar surface area (TPSA) is 216 Å². The number of hydrogen-bond acceptors (Lipinski definition) is 13. The van der Waals surface area contributed by atoms with Gasteiger partial charge in [0.1, 0.15) is 23.7 Å². The van der Waals surface area contributed by atoms with Gasteiger partial charge in [0.25, 0.3) is 5.91 Å². The van der Waals surface area contributed by atoms with Gasteiger partial charge in [0.05, 0.1) is 38.5 Å². The van der Waals surface area contributed by atoms with Crippen molar-refractivity contribution in [3.8, 4) is 27.3 Å². The number of likely N-dealkylation sites (tertiary alicyclic amines) is 1. The Morgan fingerprint density at radius 1 is 0.854 bits per heavy atom. The maximum Gasteiger partial charge on any atom is 0.412 e. The molecule has 3 aromatic heterocycles. The van der Waals surface area contributed by atoms with Crippen molar-refractivity contribution in [2.45, 2.75) is 123 Å². The summed E-state index contributed by atoms with van der Waals surface area (Å²) < 4.78 is 51.4. The van der Waals surface area contributed by atoms with Crippen LogP contribution in [0.5, 0.6) is 5.75 Å². The Hall–Kier alpha value is -7.75. The quantitative estimate of drug-likeness (QED) is 0.0648. The molecule has 4 atom stereocenters. The largest absolute Gasteiger partial charge is 0.490 e. The van der Waals surface area contributed by atoms with E-state index in [1.807, 2.05) is 66.4 Å². The lowest BCUT2D eigenvalue weighted by atomic mass is 9.83. The third-order valence-corrected chi connectivity index (χ3v) is 17.7. The number of thiazole rings is 2. The van der Waals surface area contributed by atoms with Crippen LogP contribution in [0.4, 0.5) is 24.1 Å². The molecule has 21 heteroatoms. The van der Waals surface area contributed by atoms with Gasteiger partial charge in [0, 0.05) is 43.6 Å². The number of amides is 4. The SMILES string of the molecule is Cc1ncsc1-c1ccc([C@@H](NC(=O)C2C[C@@H](O)CN2C(=O)[C@@H](NC(=O)CC2CCC(Oc3cccc(-c4ccc(N5CCc6cccc(C(=O)Nc7nc8ccccc8s7)c6C5)nc4C(=O)O)c3C)CC2)C(C)(C)C)C(F)(F)F)cc1. The number of carboxylic acid groups (broad SMARTS) is 1. The fourth-order valence-corrected chi connectivity index (χ4v) is 13.0. The Labute approximate surface area is 480 Å². The van der Waals surface area contributed by atoms with Crippen LogP contribution in [0, 0.1) is 25.2 Å². The number of β-amino-alcohol motifs (C(OH)–C–C–N with tert-alkyl or cyclic N) is 1. The first-order valence-electron chi connectivity index (χ1n) is 27.3. The van der Waals surface area contributed by atoms with Crippen molar-refractivity contribution in [1.82, 2.24) is 30.5 Å². The third kappa shape index (κ3) is 12.5. The van der Waals surface area contributed by atoms with E-state index in [4.69, 9.17) is 9.72 Å². The first-order valence-corrected chi connectivity index (χ1v) is 29.0. The van der Waals surface area contributed by atoms with Crippen molar-refractivity contribution in [3.63, 3.8) is 0 Å². The molecule has 1 unspecified atom stereocenters. The maximum atomic E-state index is 14.6. The van der Waals surface area contributed by atoms with Crippen molar-refractivity contribution >= 4 is 73.4 Å². The summed E-state index contributed by atoms with van der Waals surface area (Å²) in [5, 5.41) is 29.8. The first kappa shape index (κ1) is 57.5. The summed E-state index contributed by atoms with van der Waals surface area (Å²) in [6.07, 6.45) is -3.36. The predicted octanol–water partition coefficient (Wildman–Crippen LogP) is 10.9. The highest BCUT2D eigenvalue weighted by Crippen LogP contribution is 2.39. The molecule has 2 fully saturated rings. The number of halogens is 3. The fourth-order valence-electron chi connectivity index (χ4n) is 11.4. The Balaban J connectivity index is 0.751. The number of carboxylic acids is 1. The van der Waals surface area contributed by atoms with Gasteiger partial charge in [-0.1, -0.05) is 92.8 Å². The Kier molecular flexibility index (Phi) is 16.6. The van der Waals surface area contributed by atoms with Crippen LogP contribution in [0.1, 0.15) is 114 Å². The van der Waals surface area contributed by atoms with Crippen molar-refractivity contribution < 1.29 is 52.1 Å². The smallest absolute Gasteiger partial charge is 0.412 e. The van der Waals surface area contributed by atoms with Crippen LogP contribution in [0.25, 0.3) is 31.8 Å². The van der Waals surface area contributed by atoms with E-state index in [1.54, 1.807) is 51.4 Å². The molecule has 10 rings (SSSR count). The van der Waals surface area contributed by atoms with Crippen molar-refractivity contribution in [2.24, 2.45) is 11.3 Å². The predicted molar refractivity (Wildman–Crippen MR) is 308 cm³/mol. The summed E-state index contributed by atoms with van der Waals surface area (Å²) in [4.78, 5) is 85.9. The Morgan fingerprint density at radius 3 is 2.29 bits per heavy atom. The van der Waals surface area contributed by atoms with Crippen LogP contribution < -0.4 is 25.6 Å². The Bertz CT molecular complexity index is 3520. The number of aromatic nitrogens is 3. The van der Waals surface area contributed by atoms with Gasteiger partial charge in [-0.2, -0.15) is 13.2 Å². The molecule has 4 amide bonds. The second kappa shape index (κ2) is 23.6. The molecule has 7 aromatic rings. The summed E-state index contributed by atoms with van der Waals surface area (Å²) >= 11 is 2.76. The Morgan fingerprint density at radius 2 is 1.60 bits per heavy atom. The molecular formula is C61H63F3N8O8S2. The number of anilines is 2. The molecule has 1 saturated heterocycles. The average molecular weight is 1160 g/mol. The zero-order valence-corrected chi connectivity index (χ0v) is 47.5. The number of benzene rings is 4. The van der Waals surface area contributed by atoms with Gasteiger partial charge in [-0.3, -0.25) is 24.5 Å². The molecule has 1 aliphatic carbocycles. The minimum absolute atomic E-state index is 0.0567. The number of rotatable bonds is 15. The summed E-state index contributed by atoms with van der Waals surface area (Å²) in [5.74, 6) is -2.65. The number of aliphatic hydroxyl groups is 1. The highest BCUT2D eigenvalue weighted by Gasteiger charge is 2.48. The van der Waals surface area contributed by atoms with E-state index < -0.39 is 59.5 Å². The maximum absolute atomic E-state index is 14.6. The zero-order valence-electron chi connectivity index (χ0n) is 45.9. The number of carbonyl (C=O) groups excluding carboxylic acids is 4. The highest BCUT2D eigenvalue weighted by atomic mass is 32.1. The molecule has 5 N–H and O–H groups in total. The van der Waals surface area contributed by atoms with Gasteiger partial charge in [0.15, 0.2) is 16.9 Å². The monoisotopic (exact) mass is 1160 g/mol. The number of ether oxygens (including phenoxy) is 1. The van der Waals surface area contributed by atoms with Gasteiger partial charge in [-0.15, -0.1) is 11.3 Å². The summed E-state index contributed by atoms with van der Waals surface area (Å²) in [6, 6.07) is 23.1. The van der Waals surface area contributed by atoms with Crippen LogP contribution in [-0.2, 0) is 27.3 Å². The minimum Gasteiger partial charge on any atom is -0.490 e. The van der Waals surface area contributed by atoms with E-state index in [0.717, 1.165) is 42.4 Å². The lowest BCUT2D eigenvalue weighted by molar-refractivity contribution is -0.165. The molecule has 4 aromatic carbocycles. The van der Waals surface area contributed by atoms with Crippen molar-refractivity contribution in [1.29, 1.82) is 0 Å². The molecule has 0 bridgehead atoms. The normalized spacial score (nSPS) is 19.0. The van der Waals surface area contributed by atoms with E-state index in [9.17, 15) is 47.4 Å². The number of para-hydroxylation sites is 1. The van der Waals surface area contributed by atoms with Crippen LogP contribution in [0.3, 0.4) is 0 Å². The van der Waals surface area contributed by atoms with Crippen LogP contribution in [0.15, 0.2) is 103 Å². The minimum atomic E-state index is -4.89. The van der Waals surface area contributed by atoms with Gasteiger partial charge >= 0.3 is 12.1 Å². The molecule has 2 aliphatic heterocycles. The standard InChI is InChI=1S/C61H63F3N8O8S2/c1-33-41(42-24-25-49(67-51(42)58(78)79)71-27-26-36-10-8-12-43(44(36)31-71)55(75)70-59-66-45-13-6-7-15-48(45)82-59)11-9-14-47(33)80-40-22-16-35(17-23-40)28-50(74)68-54(60(3,4)5)57(77)72-30-39(73)29-46(72)56(76)69-53(61(62,63)64)38-20-18-37(19-21-38)52-34(2)65-32-81-52/h6-15,18-21,24-25,32,35,39-40,46,53-54,73H,16-17,22-23,26-31H2,1-5H3,(H,68,74)(H,69,76)(H,78,79)(H,66,70,75)/t35?,39-,40?,46?,53-,54-/m1/s1. The van der Waals surface area contributed by atoms with Gasteiger partial charge in [0.2, 0.25) is 17.7 Å². The van der Waals surface area contributed by atoms with E-state index in [2.05, 4.69) is 25.9 Å². The number of carbonyl (C=O) groups is 5. The van der Waals surface area contributed by atoms with Crippen LogP contribution >= 0.6 is 22.7 Å². The van der Waals surface area contributed by atoms with Crippen LogP contribution in [-0.4, -0.2) is 103 Å². The molecule has 5 heterocycles. The third-order valence-electron chi connectivity index (χ3n) is 15.7. The van der Waals surface area contributed by atoms with E-state index in [-0.39, 0.29) is 48.6 Å². The zero-order chi connectivity index (χ0) is 58.2. The lowest BCUT2D eigenvalue weighted by Gasteiger charge is -2.36. The number of alkyl halides is 3. The second-order valence-corrected chi connectivity index (χ2v) is 24.3. The first-order chi connectivity index (χ1) is 39.1. The van der Waals surface area contributed by atoms with E-state index in [1.165, 1.54) is 46.9 Å². The average Bonchev–Trinajstić information content (AvgIpc) is 4.31. The second-order valence-electron chi connectivity index (χ2n) is 22.5. The molecule has 3 aliphatic rings. The van der Waals surface area contributed by atoms with Gasteiger partial charge in [-0.25, -0.2) is 19.7 Å². The van der Waals surface area contributed by atoms with E-state index >= 15 is 0 Å². The van der Waals surface area contributed by atoms with Gasteiger partial charge < -0.3 is 35.4 Å². The van der Waals surface area contributed by atoms with Crippen molar-refractivity contribution in [2.75, 3.05) is 23.3 Å². The highest BCUT2D eigenvalue weighted by molar-refractivity contribution is 7.22. The number of hydrogen-bond donors (Lipinski definition) is 5. The van der Waals surface area contributed by atoms with Crippen molar-refractivity contribution in [3.05, 3.63) is 142 Å². The molecule has 0 spiro atoms. The molecular weight excluding hydrogens is 1090 g/mol. The molecule has 1 saturated carbocycles. The summed E-state index contributed by atoms with van der Waals surface area (Å²) in [6.45, 7) is 9.49. The molecule has 428 valence electrons. The molecule has 16 nitrogen and oxygen atoms in total. The lowest BCUT2D eigenvalue weighted by Crippen LogP contribution is -2.58. The number of nitrogens with zero attached hydrogens (tertiary/aromatic N) is 5. The fraction of sp³-hybridized carbons (Fsp3) is 0.377. The number of aryl methyl sites for hydroxylation is 1. The summed E-state index contributed by atoms with van der Waals surface area (Å²) in [5.41, 5.74) is 6.81. The number of aliphatic hydroxyl groups excluding tert-OH is 1. The molecule has 0 radical (unpaired) electrons. The van der Waals surface area contributed by atoms with Gasteiger partial charge in [-0.05, 0) is 127 Å².